The Labute approximate surface area is 136 Å². The molecule has 1 unspecified atom stereocenters. The summed E-state index contributed by atoms with van der Waals surface area (Å²) < 4.78 is 27.9. The third-order valence-electron chi connectivity index (χ3n) is 3.55. The molecule has 0 amide bonds. The van der Waals surface area contributed by atoms with Crippen molar-refractivity contribution >= 4 is 19.3 Å². The molecule has 0 saturated heterocycles. The number of aromatic amines is 1. The number of aryl methyl sites for hydroxylation is 1. The highest BCUT2D eigenvalue weighted by atomic mass is 31.2. The summed E-state index contributed by atoms with van der Waals surface area (Å²) in [5, 5.41) is 0. The molecule has 7 nitrogen and oxygen atoms in total. The molecular weight excluding hydrogens is 321 g/mol. The van der Waals surface area contributed by atoms with E-state index in [2.05, 4.69) is 4.98 Å². The Kier molecular flexibility index (Phi) is 6.74. The molecule has 23 heavy (non-hydrogen) atoms. The molecule has 1 aromatic rings. The molecule has 0 aromatic carbocycles. The summed E-state index contributed by atoms with van der Waals surface area (Å²) in [4.78, 5) is 27.4. The molecular formula is C15H24NO6P. The lowest BCUT2D eigenvalue weighted by atomic mass is 10.1. The predicted molar refractivity (Wildman–Crippen MR) is 86.3 cm³/mol. The average molecular weight is 345 g/mol. The van der Waals surface area contributed by atoms with Crippen molar-refractivity contribution < 1.29 is 27.9 Å². The minimum Gasteiger partial charge on any atom is -0.465 e. The lowest BCUT2D eigenvalue weighted by Gasteiger charge is -2.22. The predicted octanol–water partition coefficient (Wildman–Crippen LogP) is 3.26. The van der Waals surface area contributed by atoms with Crippen molar-refractivity contribution in [3.8, 4) is 0 Å². The van der Waals surface area contributed by atoms with Crippen LogP contribution in [0.3, 0.4) is 0 Å². The van der Waals surface area contributed by atoms with Crippen LogP contribution in [0.5, 0.6) is 0 Å². The van der Waals surface area contributed by atoms with E-state index in [1.165, 1.54) is 14.0 Å². The van der Waals surface area contributed by atoms with Crippen molar-refractivity contribution in [3.05, 3.63) is 22.5 Å². The van der Waals surface area contributed by atoms with Crippen LogP contribution >= 0.6 is 7.60 Å². The highest BCUT2D eigenvalue weighted by Gasteiger charge is 2.39. The molecule has 0 bridgehead atoms. The number of ether oxygens (including phenoxy) is 1. The van der Waals surface area contributed by atoms with Crippen molar-refractivity contribution in [1.29, 1.82) is 0 Å². The Morgan fingerprint density at radius 2 is 1.70 bits per heavy atom. The van der Waals surface area contributed by atoms with E-state index < -0.39 is 25.0 Å². The monoisotopic (exact) mass is 345 g/mol. The SMILES string of the molecule is CCOP(=O)(OCC)C(C)C(=O)c1[nH]c(C)c(C(=O)OC)c1C. The molecule has 130 valence electrons. The first kappa shape index (κ1) is 19.6. The van der Waals surface area contributed by atoms with E-state index in [4.69, 9.17) is 13.8 Å². The second-order valence-electron chi connectivity index (χ2n) is 5.03. The fourth-order valence-electron chi connectivity index (χ4n) is 2.38. The van der Waals surface area contributed by atoms with Crippen LogP contribution in [-0.4, -0.2) is 42.7 Å². The van der Waals surface area contributed by atoms with Crippen LogP contribution in [0, 0.1) is 13.8 Å². The summed E-state index contributed by atoms with van der Waals surface area (Å²) in [5.41, 5.74) is 0.531. The maximum Gasteiger partial charge on any atom is 0.341 e. The first-order valence-corrected chi connectivity index (χ1v) is 9.05. The quantitative estimate of drug-likeness (QED) is 0.441. The first-order chi connectivity index (χ1) is 10.7. The summed E-state index contributed by atoms with van der Waals surface area (Å²) in [5.74, 6) is -0.952. The number of esters is 1. The number of Topliss-reactive ketones (excluding diaryl/α,β-unsaturated/α-hetero) is 1. The van der Waals surface area contributed by atoms with Crippen LogP contribution < -0.4 is 0 Å². The minimum atomic E-state index is -3.57. The molecule has 0 saturated carbocycles. The molecule has 0 aliphatic heterocycles. The standard InChI is InChI=1S/C15H24NO6P/c1-7-21-23(19,22-8-2)11(5)14(17)13-9(3)12(10(4)16-13)15(18)20-6/h11,16H,7-8H2,1-6H3. The van der Waals surface area contributed by atoms with E-state index in [1.54, 1.807) is 27.7 Å². The van der Waals surface area contributed by atoms with Gasteiger partial charge in [-0.1, -0.05) is 0 Å². The molecule has 1 N–H and O–H groups in total. The molecule has 0 fully saturated rings. The topological polar surface area (TPSA) is 94.7 Å². The number of hydrogen-bond donors (Lipinski definition) is 1. The first-order valence-electron chi connectivity index (χ1n) is 7.43. The molecule has 1 atom stereocenters. The minimum absolute atomic E-state index is 0.172. The van der Waals surface area contributed by atoms with Gasteiger partial charge < -0.3 is 18.8 Å². The fraction of sp³-hybridized carbons (Fsp3) is 0.600. The van der Waals surface area contributed by atoms with E-state index in [9.17, 15) is 14.2 Å². The highest BCUT2D eigenvalue weighted by Crippen LogP contribution is 2.53. The lowest BCUT2D eigenvalue weighted by Crippen LogP contribution is -2.22. The summed E-state index contributed by atoms with van der Waals surface area (Å²) >= 11 is 0. The van der Waals surface area contributed by atoms with E-state index in [0.29, 0.717) is 16.8 Å². The number of rotatable bonds is 8. The molecule has 1 aromatic heterocycles. The number of carbonyl (C=O) groups is 2. The Balaban J connectivity index is 3.24. The zero-order valence-electron chi connectivity index (χ0n) is 14.4. The summed E-state index contributed by atoms with van der Waals surface area (Å²) in [7, 11) is -2.30. The van der Waals surface area contributed by atoms with Crippen LogP contribution in [-0.2, 0) is 18.3 Å². The molecule has 0 aliphatic carbocycles. The third kappa shape index (κ3) is 3.91. The maximum atomic E-state index is 12.8. The van der Waals surface area contributed by atoms with E-state index >= 15 is 0 Å². The zero-order valence-corrected chi connectivity index (χ0v) is 15.3. The normalized spacial score (nSPS) is 13.0. The number of carbonyl (C=O) groups excluding carboxylic acids is 2. The molecule has 0 radical (unpaired) electrons. The molecule has 1 heterocycles. The van der Waals surface area contributed by atoms with Gasteiger partial charge in [0, 0.05) is 5.69 Å². The Hall–Kier alpha value is -1.43. The Bertz CT molecular complexity index is 626. The molecule has 8 heteroatoms. The number of aromatic nitrogens is 1. The highest BCUT2D eigenvalue weighted by molar-refractivity contribution is 7.55. The smallest absolute Gasteiger partial charge is 0.341 e. The number of nitrogens with one attached hydrogen (secondary N) is 1. The van der Waals surface area contributed by atoms with Crippen molar-refractivity contribution in [2.75, 3.05) is 20.3 Å². The van der Waals surface area contributed by atoms with Crippen molar-refractivity contribution in [2.45, 2.75) is 40.3 Å². The van der Waals surface area contributed by atoms with Gasteiger partial charge in [-0.2, -0.15) is 0 Å². The van der Waals surface area contributed by atoms with Crippen molar-refractivity contribution in [2.24, 2.45) is 0 Å². The second-order valence-corrected chi connectivity index (χ2v) is 7.40. The van der Waals surface area contributed by atoms with Crippen LogP contribution in [0.4, 0.5) is 0 Å². The van der Waals surface area contributed by atoms with E-state index in [0.717, 1.165) is 0 Å². The fourth-order valence-corrected chi connectivity index (χ4v) is 4.04. The van der Waals surface area contributed by atoms with Crippen LogP contribution in [0.15, 0.2) is 0 Å². The van der Waals surface area contributed by atoms with E-state index in [1.807, 2.05) is 0 Å². The summed E-state index contributed by atoms with van der Waals surface area (Å²) in [6, 6.07) is 0. The van der Waals surface area contributed by atoms with E-state index in [-0.39, 0.29) is 18.9 Å². The lowest BCUT2D eigenvalue weighted by molar-refractivity contribution is 0.0599. The van der Waals surface area contributed by atoms with Gasteiger partial charge in [-0.05, 0) is 40.2 Å². The van der Waals surface area contributed by atoms with Gasteiger partial charge >= 0.3 is 13.6 Å². The maximum absolute atomic E-state index is 12.8. The van der Waals surface area contributed by atoms with Gasteiger partial charge in [-0.25, -0.2) is 4.79 Å². The van der Waals surface area contributed by atoms with Crippen LogP contribution in [0.2, 0.25) is 0 Å². The average Bonchev–Trinajstić information content (AvgIpc) is 2.80. The molecule has 0 spiro atoms. The van der Waals surface area contributed by atoms with Gasteiger partial charge in [0.15, 0.2) is 5.78 Å². The van der Waals surface area contributed by atoms with Gasteiger partial charge in [0.1, 0.15) is 5.66 Å². The summed E-state index contributed by atoms with van der Waals surface area (Å²) in [6.07, 6.45) is 0. The van der Waals surface area contributed by atoms with Crippen molar-refractivity contribution in [1.82, 2.24) is 4.98 Å². The summed E-state index contributed by atoms with van der Waals surface area (Å²) in [6.45, 7) is 8.52. The zero-order chi connectivity index (χ0) is 17.8. The van der Waals surface area contributed by atoms with Gasteiger partial charge in [0.2, 0.25) is 0 Å². The number of ketones is 1. The number of methoxy groups -OCH3 is 1. The van der Waals surface area contributed by atoms with Gasteiger partial charge in [0.05, 0.1) is 31.6 Å². The van der Waals surface area contributed by atoms with Crippen LogP contribution in [0.1, 0.15) is 52.9 Å². The third-order valence-corrected chi connectivity index (χ3v) is 5.96. The Morgan fingerprint density at radius 3 is 2.13 bits per heavy atom. The Morgan fingerprint density at radius 1 is 1.17 bits per heavy atom. The largest absolute Gasteiger partial charge is 0.465 e. The second kappa shape index (κ2) is 7.90. The number of hydrogen-bond acceptors (Lipinski definition) is 6. The number of H-pyrrole nitrogens is 1. The molecule has 0 aliphatic rings. The van der Waals surface area contributed by atoms with Gasteiger partial charge in [-0.15, -0.1) is 0 Å². The van der Waals surface area contributed by atoms with Gasteiger partial charge in [-0.3, -0.25) is 9.36 Å². The van der Waals surface area contributed by atoms with Gasteiger partial charge in [0.25, 0.3) is 0 Å². The molecule has 1 rings (SSSR count). The van der Waals surface area contributed by atoms with Crippen molar-refractivity contribution in [3.63, 3.8) is 0 Å². The van der Waals surface area contributed by atoms with Crippen LogP contribution in [0.25, 0.3) is 0 Å².